The number of nitrogens with zero attached hydrogens (tertiary/aromatic N) is 5. The van der Waals surface area contributed by atoms with E-state index in [1.807, 2.05) is 47.9 Å². The molecule has 4 rings (SSSR count). The summed E-state index contributed by atoms with van der Waals surface area (Å²) in [6.07, 6.45) is 0. The van der Waals surface area contributed by atoms with Crippen LogP contribution in [0.3, 0.4) is 0 Å². The van der Waals surface area contributed by atoms with Crippen molar-refractivity contribution in [3.8, 4) is 5.69 Å². The maximum Gasteiger partial charge on any atom is 0.332 e. The number of imidazole rings is 2. The first-order chi connectivity index (χ1) is 12.8. The molecule has 4 aromatic rings. The van der Waals surface area contributed by atoms with Crippen LogP contribution in [0.15, 0.2) is 27.8 Å². The van der Waals surface area contributed by atoms with Gasteiger partial charge in [0, 0.05) is 30.0 Å². The fourth-order valence-corrected chi connectivity index (χ4v) is 3.83. The van der Waals surface area contributed by atoms with Gasteiger partial charge in [0.2, 0.25) is 5.78 Å². The van der Waals surface area contributed by atoms with Gasteiger partial charge in [0.1, 0.15) is 0 Å². The third-order valence-corrected chi connectivity index (χ3v) is 5.72. The van der Waals surface area contributed by atoms with E-state index in [0.29, 0.717) is 28.5 Å². The van der Waals surface area contributed by atoms with Crippen LogP contribution in [0.25, 0.3) is 22.6 Å². The van der Waals surface area contributed by atoms with Crippen molar-refractivity contribution in [3.63, 3.8) is 0 Å². The molecule has 0 radical (unpaired) electrons. The minimum absolute atomic E-state index is 0.306. The Morgan fingerprint density at radius 3 is 2.48 bits per heavy atom. The Hall–Kier alpha value is -2.80. The lowest BCUT2D eigenvalue weighted by Crippen LogP contribution is -2.38. The van der Waals surface area contributed by atoms with Crippen LogP contribution in [-0.4, -0.2) is 23.1 Å². The fraction of sp³-hybridized carbons (Fsp3) is 0.316. The maximum atomic E-state index is 13.0. The monoisotopic (exact) mass is 385 g/mol. The Balaban J connectivity index is 2.27. The lowest BCUT2D eigenvalue weighted by atomic mass is 10.2. The van der Waals surface area contributed by atoms with Crippen LogP contribution >= 0.6 is 11.6 Å². The summed E-state index contributed by atoms with van der Waals surface area (Å²) in [5, 5.41) is 0.660. The number of hydrogen-bond acceptors (Lipinski definition) is 3. The van der Waals surface area contributed by atoms with Gasteiger partial charge in [-0.2, -0.15) is 4.98 Å². The molecule has 0 atom stereocenters. The van der Waals surface area contributed by atoms with Crippen LogP contribution in [0.1, 0.15) is 23.9 Å². The molecule has 0 amide bonds. The lowest BCUT2D eigenvalue weighted by molar-refractivity contribution is 0.636. The molecule has 0 saturated carbocycles. The smallest absolute Gasteiger partial charge is 0.282 e. The average Bonchev–Trinajstić information content (AvgIpc) is 3.13. The number of benzene rings is 1. The first-order valence-electron chi connectivity index (χ1n) is 8.75. The van der Waals surface area contributed by atoms with Gasteiger partial charge in [0.25, 0.3) is 5.56 Å². The van der Waals surface area contributed by atoms with E-state index < -0.39 is 0 Å². The van der Waals surface area contributed by atoms with Crippen molar-refractivity contribution in [2.45, 2.75) is 34.2 Å². The zero-order valence-electron chi connectivity index (χ0n) is 15.9. The molecule has 0 saturated heterocycles. The van der Waals surface area contributed by atoms with E-state index >= 15 is 0 Å². The second kappa shape index (κ2) is 5.85. The standard InChI is InChI=1S/C19H20ClN5O2/c1-6-23-17(26)15-16(22(5)19(23)27)21-18-24(11(3)12(4)25(15)18)14-9-7-8-13(20)10(14)2/h7-9H,6H2,1-5H3. The molecule has 0 aliphatic rings. The zero-order chi connectivity index (χ0) is 19.6. The highest BCUT2D eigenvalue weighted by Gasteiger charge is 2.23. The lowest BCUT2D eigenvalue weighted by Gasteiger charge is -2.11. The number of aromatic nitrogens is 5. The number of fused-ring (bicyclic) bond motifs is 3. The average molecular weight is 386 g/mol. The van der Waals surface area contributed by atoms with Crippen molar-refractivity contribution in [3.05, 3.63) is 61.0 Å². The van der Waals surface area contributed by atoms with E-state index in [1.54, 1.807) is 14.0 Å². The Morgan fingerprint density at radius 1 is 1.11 bits per heavy atom. The van der Waals surface area contributed by atoms with Gasteiger partial charge < -0.3 is 0 Å². The largest absolute Gasteiger partial charge is 0.332 e. The quantitative estimate of drug-likeness (QED) is 0.533. The van der Waals surface area contributed by atoms with Crippen molar-refractivity contribution in [2.24, 2.45) is 7.05 Å². The third kappa shape index (κ3) is 2.18. The molecular weight excluding hydrogens is 366 g/mol. The summed E-state index contributed by atoms with van der Waals surface area (Å²) >= 11 is 6.32. The van der Waals surface area contributed by atoms with Crippen LogP contribution in [0.4, 0.5) is 0 Å². The summed E-state index contributed by atoms with van der Waals surface area (Å²) in [5.74, 6) is 0.589. The number of hydrogen-bond donors (Lipinski definition) is 0. The van der Waals surface area contributed by atoms with Crippen LogP contribution in [0.2, 0.25) is 5.02 Å². The molecule has 0 fully saturated rings. The predicted octanol–water partition coefficient (Wildman–Crippen LogP) is 2.74. The minimum atomic E-state index is -0.365. The normalized spacial score (nSPS) is 11.8. The van der Waals surface area contributed by atoms with Gasteiger partial charge in [0.15, 0.2) is 11.2 Å². The van der Waals surface area contributed by atoms with E-state index in [4.69, 9.17) is 11.6 Å². The minimum Gasteiger partial charge on any atom is -0.282 e. The number of halogens is 1. The van der Waals surface area contributed by atoms with E-state index in [9.17, 15) is 9.59 Å². The molecule has 0 bridgehead atoms. The van der Waals surface area contributed by atoms with Crippen molar-refractivity contribution >= 4 is 28.5 Å². The van der Waals surface area contributed by atoms with Crippen LogP contribution < -0.4 is 11.2 Å². The zero-order valence-corrected chi connectivity index (χ0v) is 16.6. The molecule has 0 aliphatic carbocycles. The molecule has 0 N–H and O–H groups in total. The predicted molar refractivity (Wildman–Crippen MR) is 106 cm³/mol. The summed E-state index contributed by atoms with van der Waals surface area (Å²) in [4.78, 5) is 30.2. The third-order valence-electron chi connectivity index (χ3n) is 5.32. The molecule has 27 heavy (non-hydrogen) atoms. The van der Waals surface area contributed by atoms with Crippen LogP contribution in [-0.2, 0) is 13.6 Å². The van der Waals surface area contributed by atoms with E-state index in [1.165, 1.54) is 9.13 Å². The van der Waals surface area contributed by atoms with Crippen molar-refractivity contribution in [2.75, 3.05) is 0 Å². The first kappa shape index (κ1) is 17.6. The molecule has 0 aliphatic heterocycles. The topological polar surface area (TPSA) is 66.2 Å². The molecule has 8 heteroatoms. The van der Waals surface area contributed by atoms with Gasteiger partial charge in [-0.15, -0.1) is 0 Å². The SMILES string of the molecule is CCn1c(=O)c2c(nc3n(-c4cccc(Cl)c4C)c(C)c(C)n23)n(C)c1=O. The maximum absolute atomic E-state index is 13.0. The molecular formula is C19H20ClN5O2. The summed E-state index contributed by atoms with van der Waals surface area (Å²) in [6, 6.07) is 5.70. The van der Waals surface area contributed by atoms with Gasteiger partial charge in [-0.25, -0.2) is 4.79 Å². The van der Waals surface area contributed by atoms with E-state index in [0.717, 1.165) is 22.6 Å². The van der Waals surface area contributed by atoms with Gasteiger partial charge in [0.05, 0.1) is 5.69 Å². The first-order valence-corrected chi connectivity index (χ1v) is 9.12. The van der Waals surface area contributed by atoms with Crippen LogP contribution in [0, 0.1) is 20.8 Å². The van der Waals surface area contributed by atoms with Gasteiger partial charge in [-0.1, -0.05) is 17.7 Å². The Morgan fingerprint density at radius 2 is 1.81 bits per heavy atom. The summed E-state index contributed by atoms with van der Waals surface area (Å²) in [6.45, 7) is 7.97. The van der Waals surface area contributed by atoms with Crippen LogP contribution in [0.5, 0.6) is 0 Å². The van der Waals surface area contributed by atoms with Crippen molar-refractivity contribution in [1.82, 2.24) is 23.1 Å². The van der Waals surface area contributed by atoms with Gasteiger partial charge in [-0.3, -0.25) is 22.9 Å². The molecule has 3 heterocycles. The number of rotatable bonds is 2. The second-order valence-corrected chi connectivity index (χ2v) is 7.11. The van der Waals surface area contributed by atoms with Crippen molar-refractivity contribution < 1.29 is 0 Å². The second-order valence-electron chi connectivity index (χ2n) is 6.70. The highest BCUT2D eigenvalue weighted by Crippen LogP contribution is 2.28. The fourth-order valence-electron chi connectivity index (χ4n) is 3.66. The molecule has 140 valence electrons. The van der Waals surface area contributed by atoms with Crippen molar-refractivity contribution in [1.29, 1.82) is 0 Å². The highest BCUT2D eigenvalue weighted by atomic mass is 35.5. The Labute approximate surface area is 160 Å². The number of aryl methyl sites for hydroxylation is 2. The highest BCUT2D eigenvalue weighted by molar-refractivity contribution is 6.31. The summed E-state index contributed by atoms with van der Waals surface area (Å²) < 4.78 is 6.47. The summed E-state index contributed by atoms with van der Waals surface area (Å²) in [5.41, 5.74) is 3.77. The molecule has 7 nitrogen and oxygen atoms in total. The molecule has 1 aromatic carbocycles. The van der Waals surface area contributed by atoms with Gasteiger partial charge in [-0.05, 0) is 45.4 Å². The van der Waals surface area contributed by atoms with E-state index in [-0.39, 0.29) is 11.2 Å². The molecule has 0 unspecified atom stereocenters. The molecule has 0 spiro atoms. The Bertz CT molecular complexity index is 1350. The van der Waals surface area contributed by atoms with E-state index in [2.05, 4.69) is 4.98 Å². The Kier molecular flexibility index (Phi) is 3.82. The summed E-state index contributed by atoms with van der Waals surface area (Å²) in [7, 11) is 1.64. The molecule has 3 aromatic heterocycles. The van der Waals surface area contributed by atoms with Gasteiger partial charge >= 0.3 is 5.69 Å².